The van der Waals surface area contributed by atoms with Gasteiger partial charge in [0.05, 0.1) is 13.1 Å². The molecular formula is C19H21N3O4. The SMILES string of the molecule is CN1C[C@@]2(CCCN(C(=O)Cn3ccc4ccccc4c3=O)C2)OC1=O. The van der Waals surface area contributed by atoms with E-state index in [1.807, 2.05) is 24.3 Å². The first-order valence-electron chi connectivity index (χ1n) is 8.78. The average Bonchev–Trinajstić information content (AvgIpc) is 2.90. The molecule has 0 radical (unpaired) electrons. The third-order valence-electron chi connectivity index (χ3n) is 5.22. The quantitative estimate of drug-likeness (QED) is 0.817. The standard InChI is InChI=1S/C19H21N3O4/c1-20-12-19(26-18(20)25)8-4-9-22(13-19)16(23)11-21-10-7-14-5-2-3-6-15(14)17(21)24/h2-3,5-7,10H,4,8-9,11-13H2,1H3/t19-/m1/s1. The second-order valence-electron chi connectivity index (χ2n) is 7.16. The third-order valence-corrected chi connectivity index (χ3v) is 5.22. The first kappa shape index (κ1) is 16.6. The van der Waals surface area contributed by atoms with Crippen LogP contribution in [0.2, 0.25) is 0 Å². The van der Waals surface area contributed by atoms with Gasteiger partial charge in [0, 0.05) is 25.2 Å². The van der Waals surface area contributed by atoms with Crippen molar-refractivity contribution in [2.45, 2.75) is 25.0 Å². The maximum absolute atomic E-state index is 12.8. The highest BCUT2D eigenvalue weighted by atomic mass is 16.6. The fourth-order valence-electron chi connectivity index (χ4n) is 3.92. The summed E-state index contributed by atoms with van der Waals surface area (Å²) in [5, 5.41) is 1.46. The lowest BCUT2D eigenvalue weighted by molar-refractivity contribution is -0.137. The molecule has 136 valence electrons. The number of ether oxygens (including phenoxy) is 1. The molecule has 1 aromatic carbocycles. The van der Waals surface area contributed by atoms with E-state index in [0.717, 1.165) is 18.2 Å². The Morgan fingerprint density at radius 3 is 2.77 bits per heavy atom. The molecule has 4 rings (SSSR count). The van der Waals surface area contributed by atoms with Gasteiger partial charge in [-0.15, -0.1) is 0 Å². The van der Waals surface area contributed by atoms with Crippen molar-refractivity contribution in [3.05, 3.63) is 46.9 Å². The summed E-state index contributed by atoms with van der Waals surface area (Å²) in [4.78, 5) is 40.4. The maximum Gasteiger partial charge on any atom is 0.410 e. The number of likely N-dealkylation sites (tertiary alicyclic amines) is 1. The van der Waals surface area contributed by atoms with Crippen LogP contribution in [0.3, 0.4) is 0 Å². The van der Waals surface area contributed by atoms with Gasteiger partial charge in [-0.2, -0.15) is 0 Å². The minimum atomic E-state index is -0.617. The monoisotopic (exact) mass is 355 g/mol. The van der Waals surface area contributed by atoms with Crippen LogP contribution in [0.25, 0.3) is 10.8 Å². The number of amides is 2. The zero-order valence-electron chi connectivity index (χ0n) is 14.7. The summed E-state index contributed by atoms with van der Waals surface area (Å²) in [5.74, 6) is -0.132. The first-order chi connectivity index (χ1) is 12.5. The number of hydrogen-bond acceptors (Lipinski definition) is 4. The Kier molecular flexibility index (Phi) is 3.94. The zero-order valence-corrected chi connectivity index (χ0v) is 14.7. The number of fused-ring (bicyclic) bond motifs is 1. The second kappa shape index (κ2) is 6.16. The highest BCUT2D eigenvalue weighted by Crippen LogP contribution is 2.31. The van der Waals surface area contributed by atoms with Gasteiger partial charge >= 0.3 is 6.09 Å². The number of likely N-dealkylation sites (N-methyl/N-ethyl adjacent to an activating group) is 1. The molecule has 2 aliphatic rings. The lowest BCUT2D eigenvalue weighted by Gasteiger charge is -2.38. The Morgan fingerprint density at radius 2 is 2.00 bits per heavy atom. The summed E-state index contributed by atoms with van der Waals surface area (Å²) in [5.41, 5.74) is -0.788. The summed E-state index contributed by atoms with van der Waals surface area (Å²) in [7, 11) is 1.70. The molecule has 3 heterocycles. The predicted molar refractivity (Wildman–Crippen MR) is 95.9 cm³/mol. The van der Waals surface area contributed by atoms with Crippen molar-refractivity contribution in [2.75, 3.05) is 26.7 Å². The predicted octanol–water partition coefficient (Wildman–Crippen LogP) is 1.44. The van der Waals surface area contributed by atoms with Crippen molar-refractivity contribution in [3.8, 4) is 0 Å². The van der Waals surface area contributed by atoms with Crippen LogP contribution < -0.4 is 5.56 Å². The molecule has 1 aromatic heterocycles. The van der Waals surface area contributed by atoms with Gasteiger partial charge in [0.2, 0.25) is 5.91 Å². The van der Waals surface area contributed by atoms with E-state index in [1.54, 1.807) is 29.1 Å². The highest BCUT2D eigenvalue weighted by molar-refractivity contribution is 5.82. The van der Waals surface area contributed by atoms with Gasteiger partial charge < -0.3 is 19.1 Å². The van der Waals surface area contributed by atoms with Crippen LogP contribution >= 0.6 is 0 Å². The number of rotatable bonds is 2. The minimum Gasteiger partial charge on any atom is -0.439 e. The molecule has 1 atom stereocenters. The van der Waals surface area contributed by atoms with E-state index in [2.05, 4.69) is 0 Å². The number of pyridine rings is 1. The molecule has 2 saturated heterocycles. The summed E-state index contributed by atoms with van der Waals surface area (Å²) < 4.78 is 6.98. The largest absolute Gasteiger partial charge is 0.439 e. The van der Waals surface area contributed by atoms with Crippen LogP contribution in [0.5, 0.6) is 0 Å². The maximum atomic E-state index is 12.8. The lowest BCUT2D eigenvalue weighted by atomic mass is 9.92. The number of carbonyl (C=O) groups excluding carboxylic acids is 2. The van der Waals surface area contributed by atoms with E-state index in [9.17, 15) is 14.4 Å². The van der Waals surface area contributed by atoms with E-state index in [-0.39, 0.29) is 24.1 Å². The van der Waals surface area contributed by atoms with Crippen molar-refractivity contribution in [1.29, 1.82) is 0 Å². The molecule has 7 heteroatoms. The van der Waals surface area contributed by atoms with Crippen LogP contribution in [0.1, 0.15) is 12.8 Å². The van der Waals surface area contributed by atoms with Crippen molar-refractivity contribution < 1.29 is 14.3 Å². The smallest absolute Gasteiger partial charge is 0.410 e. The van der Waals surface area contributed by atoms with E-state index in [1.165, 1.54) is 4.57 Å². The summed E-state index contributed by atoms with van der Waals surface area (Å²) in [6, 6.07) is 9.18. The van der Waals surface area contributed by atoms with E-state index >= 15 is 0 Å². The number of piperidine rings is 1. The molecule has 26 heavy (non-hydrogen) atoms. The fourth-order valence-corrected chi connectivity index (χ4v) is 3.92. The Labute approximate surface area is 150 Å². The van der Waals surface area contributed by atoms with Gasteiger partial charge in [-0.1, -0.05) is 18.2 Å². The molecule has 0 N–H and O–H groups in total. The summed E-state index contributed by atoms with van der Waals surface area (Å²) in [6.45, 7) is 1.48. The fraction of sp³-hybridized carbons (Fsp3) is 0.421. The molecule has 2 fully saturated rings. The van der Waals surface area contributed by atoms with Gasteiger partial charge in [0.25, 0.3) is 5.56 Å². The molecule has 0 unspecified atom stereocenters. The van der Waals surface area contributed by atoms with E-state index in [0.29, 0.717) is 25.0 Å². The molecule has 2 aromatic rings. The van der Waals surface area contributed by atoms with Crippen LogP contribution in [0.4, 0.5) is 4.79 Å². The van der Waals surface area contributed by atoms with Crippen molar-refractivity contribution in [1.82, 2.24) is 14.4 Å². The second-order valence-corrected chi connectivity index (χ2v) is 7.16. The topological polar surface area (TPSA) is 71.8 Å². The number of carbonyl (C=O) groups is 2. The van der Waals surface area contributed by atoms with Crippen LogP contribution in [0.15, 0.2) is 41.3 Å². The van der Waals surface area contributed by atoms with Gasteiger partial charge in [-0.3, -0.25) is 9.59 Å². The van der Waals surface area contributed by atoms with Crippen LogP contribution in [-0.2, 0) is 16.1 Å². The number of aromatic nitrogens is 1. The molecule has 1 spiro atoms. The Hall–Kier alpha value is -2.83. The van der Waals surface area contributed by atoms with Crippen LogP contribution in [-0.4, -0.2) is 58.7 Å². The number of nitrogens with zero attached hydrogens (tertiary/aromatic N) is 3. The van der Waals surface area contributed by atoms with Gasteiger partial charge in [-0.05, 0) is 30.4 Å². The molecule has 0 bridgehead atoms. The molecule has 0 aliphatic carbocycles. The summed E-state index contributed by atoms with van der Waals surface area (Å²) in [6.07, 6.45) is 2.85. The minimum absolute atomic E-state index is 0.0104. The third kappa shape index (κ3) is 2.83. The van der Waals surface area contributed by atoms with Crippen molar-refractivity contribution >= 4 is 22.8 Å². The normalized spacial score (nSPS) is 22.9. The van der Waals surface area contributed by atoms with Crippen molar-refractivity contribution in [2.24, 2.45) is 0 Å². The summed E-state index contributed by atoms with van der Waals surface area (Å²) >= 11 is 0. The first-order valence-corrected chi connectivity index (χ1v) is 8.78. The van der Waals surface area contributed by atoms with E-state index < -0.39 is 5.60 Å². The highest BCUT2D eigenvalue weighted by Gasteiger charge is 2.47. The number of benzene rings is 1. The number of hydrogen-bond donors (Lipinski definition) is 0. The van der Waals surface area contributed by atoms with E-state index in [4.69, 9.17) is 4.74 Å². The van der Waals surface area contributed by atoms with Gasteiger partial charge in [0.1, 0.15) is 12.1 Å². The van der Waals surface area contributed by atoms with Gasteiger partial charge in [0.15, 0.2) is 0 Å². The molecule has 2 aliphatic heterocycles. The average molecular weight is 355 g/mol. The molecular weight excluding hydrogens is 334 g/mol. The Morgan fingerprint density at radius 1 is 1.19 bits per heavy atom. The zero-order chi connectivity index (χ0) is 18.3. The molecule has 0 saturated carbocycles. The Balaban J connectivity index is 1.53. The van der Waals surface area contributed by atoms with Gasteiger partial charge in [-0.25, -0.2) is 4.79 Å². The molecule has 2 amide bonds. The van der Waals surface area contributed by atoms with Crippen molar-refractivity contribution in [3.63, 3.8) is 0 Å². The molecule has 7 nitrogen and oxygen atoms in total. The Bertz CT molecular complexity index is 938. The lowest BCUT2D eigenvalue weighted by Crippen LogP contribution is -2.53. The van der Waals surface area contributed by atoms with Crippen LogP contribution in [0, 0.1) is 0 Å².